The van der Waals surface area contributed by atoms with Gasteiger partial charge in [-0.15, -0.1) is 0 Å². The molecule has 0 spiro atoms. The molecular weight excluding hydrogens is 220 g/mol. The summed E-state index contributed by atoms with van der Waals surface area (Å²) in [5.74, 6) is -1.45. The van der Waals surface area contributed by atoms with Gasteiger partial charge in [0.1, 0.15) is 11.7 Å². The van der Waals surface area contributed by atoms with Gasteiger partial charge in [0, 0.05) is 13.2 Å². The van der Waals surface area contributed by atoms with Crippen LogP contribution in [0.1, 0.15) is 30.8 Å². The molecule has 0 aliphatic heterocycles. The van der Waals surface area contributed by atoms with Gasteiger partial charge < -0.3 is 15.0 Å². The minimum absolute atomic E-state index is 0.100. The lowest BCUT2D eigenvalue weighted by Gasteiger charge is -2.20. The molecule has 2 atom stereocenters. The van der Waals surface area contributed by atoms with E-state index in [1.807, 2.05) is 13.8 Å². The van der Waals surface area contributed by atoms with Crippen molar-refractivity contribution < 1.29 is 14.7 Å². The zero-order valence-corrected chi connectivity index (χ0v) is 10.3. The molecule has 1 rings (SSSR count). The van der Waals surface area contributed by atoms with Crippen molar-refractivity contribution in [1.82, 2.24) is 9.88 Å². The summed E-state index contributed by atoms with van der Waals surface area (Å²) in [7, 11) is 1.74. The lowest BCUT2D eigenvalue weighted by Crippen LogP contribution is -2.45. The molecule has 0 unspecified atom stereocenters. The van der Waals surface area contributed by atoms with E-state index in [1.54, 1.807) is 29.9 Å². The highest BCUT2D eigenvalue weighted by Crippen LogP contribution is 2.09. The highest BCUT2D eigenvalue weighted by molar-refractivity contribution is 5.95. The van der Waals surface area contributed by atoms with Crippen molar-refractivity contribution in [3.05, 3.63) is 24.0 Å². The van der Waals surface area contributed by atoms with E-state index < -0.39 is 12.0 Å². The number of nitrogens with zero attached hydrogens (tertiary/aromatic N) is 1. The van der Waals surface area contributed by atoms with E-state index in [0.29, 0.717) is 12.1 Å². The first-order valence-corrected chi connectivity index (χ1v) is 5.62. The number of aliphatic carboxylic acids is 1. The Labute approximate surface area is 100 Å². The minimum Gasteiger partial charge on any atom is -0.480 e. The summed E-state index contributed by atoms with van der Waals surface area (Å²) in [4.78, 5) is 22.9. The van der Waals surface area contributed by atoms with Gasteiger partial charge >= 0.3 is 5.97 Å². The second-order valence-electron chi connectivity index (χ2n) is 4.18. The number of rotatable bonds is 5. The topological polar surface area (TPSA) is 71.3 Å². The van der Waals surface area contributed by atoms with Gasteiger partial charge in [-0.25, -0.2) is 4.79 Å². The summed E-state index contributed by atoms with van der Waals surface area (Å²) in [5.41, 5.74) is 0.458. The van der Waals surface area contributed by atoms with E-state index in [4.69, 9.17) is 5.11 Å². The largest absolute Gasteiger partial charge is 0.480 e. The molecule has 0 bridgehead atoms. The summed E-state index contributed by atoms with van der Waals surface area (Å²) in [6.07, 6.45) is 2.44. The molecule has 0 aliphatic rings. The molecule has 1 aromatic heterocycles. The number of carboxylic acids is 1. The van der Waals surface area contributed by atoms with E-state index in [-0.39, 0.29) is 11.8 Å². The average Bonchev–Trinajstić information content (AvgIpc) is 2.70. The van der Waals surface area contributed by atoms with Gasteiger partial charge in [-0.3, -0.25) is 4.79 Å². The molecule has 1 aromatic rings. The maximum atomic E-state index is 11.9. The SMILES string of the molecule is CC[C@H](C)[C@H](NC(=O)c1cccn1C)C(=O)O. The van der Waals surface area contributed by atoms with Crippen LogP contribution < -0.4 is 5.32 Å². The first-order valence-electron chi connectivity index (χ1n) is 5.62. The van der Waals surface area contributed by atoms with E-state index in [2.05, 4.69) is 5.32 Å². The highest BCUT2D eigenvalue weighted by Gasteiger charge is 2.26. The number of aryl methyl sites for hydroxylation is 1. The number of hydrogen-bond acceptors (Lipinski definition) is 2. The van der Waals surface area contributed by atoms with Gasteiger partial charge in [0.25, 0.3) is 5.91 Å². The van der Waals surface area contributed by atoms with Crippen LogP contribution in [0.3, 0.4) is 0 Å². The number of carbonyl (C=O) groups is 2. The number of hydrogen-bond donors (Lipinski definition) is 2. The average molecular weight is 238 g/mol. The number of carboxylic acid groups (broad SMARTS) is 1. The Morgan fingerprint density at radius 2 is 2.18 bits per heavy atom. The van der Waals surface area contributed by atoms with Crippen LogP contribution in [0.5, 0.6) is 0 Å². The van der Waals surface area contributed by atoms with E-state index in [1.165, 1.54) is 0 Å². The molecule has 0 fully saturated rings. The standard InChI is InChI=1S/C12H18N2O3/c1-4-8(2)10(12(16)17)13-11(15)9-6-5-7-14(9)3/h5-8,10H,4H2,1-3H3,(H,13,15)(H,16,17)/t8-,10-/m0/s1. The molecule has 0 saturated carbocycles. The van der Waals surface area contributed by atoms with Crippen LogP contribution in [0.4, 0.5) is 0 Å². The van der Waals surface area contributed by atoms with Gasteiger partial charge in [0.15, 0.2) is 0 Å². The Kier molecular flexibility index (Phi) is 4.31. The monoisotopic (exact) mass is 238 g/mol. The molecule has 0 radical (unpaired) electrons. The Balaban J connectivity index is 2.78. The number of carbonyl (C=O) groups excluding carboxylic acids is 1. The number of nitrogens with one attached hydrogen (secondary N) is 1. The predicted molar refractivity (Wildman–Crippen MR) is 63.8 cm³/mol. The Bertz CT molecular complexity index is 412. The van der Waals surface area contributed by atoms with Crippen molar-refractivity contribution in [2.45, 2.75) is 26.3 Å². The molecule has 5 heteroatoms. The third-order valence-corrected chi connectivity index (χ3v) is 2.94. The molecule has 0 aliphatic carbocycles. The molecule has 1 amide bonds. The zero-order chi connectivity index (χ0) is 13.0. The molecule has 0 saturated heterocycles. The van der Waals surface area contributed by atoms with Crippen LogP contribution >= 0.6 is 0 Å². The van der Waals surface area contributed by atoms with Crippen molar-refractivity contribution in [3.8, 4) is 0 Å². The van der Waals surface area contributed by atoms with Gasteiger partial charge in [0.05, 0.1) is 0 Å². The minimum atomic E-state index is -0.998. The van der Waals surface area contributed by atoms with Crippen molar-refractivity contribution in [1.29, 1.82) is 0 Å². The van der Waals surface area contributed by atoms with Crippen molar-refractivity contribution >= 4 is 11.9 Å². The fraction of sp³-hybridized carbons (Fsp3) is 0.500. The van der Waals surface area contributed by atoms with E-state index in [0.717, 1.165) is 0 Å². The van der Waals surface area contributed by atoms with Crippen molar-refractivity contribution in [2.24, 2.45) is 13.0 Å². The van der Waals surface area contributed by atoms with Crippen LogP contribution in [0.2, 0.25) is 0 Å². The summed E-state index contributed by atoms with van der Waals surface area (Å²) in [5, 5.41) is 11.6. The van der Waals surface area contributed by atoms with Gasteiger partial charge in [0.2, 0.25) is 0 Å². The summed E-state index contributed by atoms with van der Waals surface area (Å²) in [6, 6.07) is 2.56. The van der Waals surface area contributed by atoms with E-state index >= 15 is 0 Å². The molecular formula is C12H18N2O3. The normalized spacial score (nSPS) is 14.1. The molecule has 0 aromatic carbocycles. The Hall–Kier alpha value is -1.78. The Morgan fingerprint density at radius 3 is 2.59 bits per heavy atom. The Morgan fingerprint density at radius 1 is 1.53 bits per heavy atom. The molecule has 2 N–H and O–H groups in total. The number of aromatic nitrogens is 1. The van der Waals surface area contributed by atoms with Gasteiger partial charge in [-0.1, -0.05) is 20.3 Å². The lowest BCUT2D eigenvalue weighted by atomic mass is 9.99. The third-order valence-electron chi connectivity index (χ3n) is 2.94. The molecule has 1 heterocycles. The van der Waals surface area contributed by atoms with Crippen molar-refractivity contribution in [3.63, 3.8) is 0 Å². The lowest BCUT2D eigenvalue weighted by molar-refractivity contribution is -0.140. The van der Waals surface area contributed by atoms with Gasteiger partial charge in [-0.2, -0.15) is 0 Å². The highest BCUT2D eigenvalue weighted by atomic mass is 16.4. The summed E-state index contributed by atoms with van der Waals surface area (Å²) < 4.78 is 1.66. The smallest absolute Gasteiger partial charge is 0.326 e. The van der Waals surface area contributed by atoms with Crippen LogP contribution in [0, 0.1) is 5.92 Å². The van der Waals surface area contributed by atoms with Crippen LogP contribution in [-0.4, -0.2) is 27.6 Å². The van der Waals surface area contributed by atoms with Crippen LogP contribution in [0.25, 0.3) is 0 Å². The zero-order valence-electron chi connectivity index (χ0n) is 10.3. The maximum absolute atomic E-state index is 11.9. The first-order chi connectivity index (χ1) is 7.97. The second kappa shape index (κ2) is 5.52. The summed E-state index contributed by atoms with van der Waals surface area (Å²) in [6.45, 7) is 3.71. The predicted octanol–water partition coefficient (Wildman–Crippen LogP) is 1.25. The third kappa shape index (κ3) is 3.09. The van der Waals surface area contributed by atoms with Crippen LogP contribution in [0.15, 0.2) is 18.3 Å². The molecule has 5 nitrogen and oxygen atoms in total. The van der Waals surface area contributed by atoms with Crippen LogP contribution in [-0.2, 0) is 11.8 Å². The first kappa shape index (κ1) is 13.3. The fourth-order valence-electron chi connectivity index (χ4n) is 1.60. The van der Waals surface area contributed by atoms with Crippen molar-refractivity contribution in [2.75, 3.05) is 0 Å². The van der Waals surface area contributed by atoms with Gasteiger partial charge in [-0.05, 0) is 18.1 Å². The summed E-state index contributed by atoms with van der Waals surface area (Å²) >= 11 is 0. The quantitative estimate of drug-likeness (QED) is 0.811. The molecule has 94 valence electrons. The number of amides is 1. The molecule has 17 heavy (non-hydrogen) atoms. The van der Waals surface area contributed by atoms with E-state index in [9.17, 15) is 9.59 Å². The second-order valence-corrected chi connectivity index (χ2v) is 4.18. The maximum Gasteiger partial charge on any atom is 0.326 e. The fourth-order valence-corrected chi connectivity index (χ4v) is 1.60.